The van der Waals surface area contributed by atoms with Crippen molar-refractivity contribution in [2.75, 3.05) is 13.2 Å². The molecule has 1 fully saturated rings. The molecule has 1 aliphatic heterocycles. The van der Waals surface area contributed by atoms with Crippen molar-refractivity contribution in [1.29, 1.82) is 0 Å². The summed E-state index contributed by atoms with van der Waals surface area (Å²) in [5.74, 6) is 0.274. The van der Waals surface area contributed by atoms with Gasteiger partial charge in [-0.25, -0.2) is 4.39 Å². The number of rotatable bonds is 3. The number of ether oxygens (including phenoxy) is 1. The first-order valence-corrected chi connectivity index (χ1v) is 6.58. The van der Waals surface area contributed by atoms with E-state index in [0.29, 0.717) is 5.92 Å². The Kier molecular flexibility index (Phi) is 4.03. The first-order chi connectivity index (χ1) is 8.46. The molecule has 0 radical (unpaired) electrons. The number of hydrogen-bond donors (Lipinski definition) is 1. The molecule has 0 spiro atoms. The van der Waals surface area contributed by atoms with Gasteiger partial charge in [0, 0.05) is 24.6 Å². The van der Waals surface area contributed by atoms with Crippen LogP contribution in [-0.2, 0) is 4.74 Å². The Hall–Kier alpha value is -0.930. The first kappa shape index (κ1) is 13.5. The van der Waals surface area contributed by atoms with E-state index in [-0.39, 0.29) is 17.5 Å². The van der Waals surface area contributed by atoms with Crippen LogP contribution in [0.1, 0.15) is 38.9 Å². The fourth-order valence-corrected chi connectivity index (χ4v) is 2.30. The van der Waals surface area contributed by atoms with E-state index in [1.54, 1.807) is 0 Å². The molecular weight excluding hydrogens is 229 g/mol. The van der Waals surface area contributed by atoms with Gasteiger partial charge >= 0.3 is 0 Å². The summed E-state index contributed by atoms with van der Waals surface area (Å²) in [7, 11) is 0. The Morgan fingerprint density at radius 3 is 2.56 bits per heavy atom. The summed E-state index contributed by atoms with van der Waals surface area (Å²) >= 11 is 0. The Morgan fingerprint density at radius 2 is 1.94 bits per heavy atom. The van der Waals surface area contributed by atoms with Crippen LogP contribution in [0.2, 0.25) is 0 Å². The number of benzene rings is 1. The predicted molar refractivity (Wildman–Crippen MR) is 71.0 cm³/mol. The van der Waals surface area contributed by atoms with Crippen molar-refractivity contribution in [3.8, 4) is 0 Å². The SMILES string of the molecule is CC(C)(C)NCC1CCOC1c1ccc(F)cc1. The highest BCUT2D eigenvalue weighted by molar-refractivity contribution is 5.20. The maximum atomic E-state index is 12.9. The van der Waals surface area contributed by atoms with Crippen molar-refractivity contribution in [3.63, 3.8) is 0 Å². The molecule has 0 aromatic heterocycles. The van der Waals surface area contributed by atoms with E-state index >= 15 is 0 Å². The molecule has 1 aliphatic rings. The van der Waals surface area contributed by atoms with Gasteiger partial charge in [0.2, 0.25) is 0 Å². The monoisotopic (exact) mass is 251 g/mol. The summed E-state index contributed by atoms with van der Waals surface area (Å²) in [5.41, 5.74) is 1.20. The third-order valence-electron chi connectivity index (χ3n) is 3.31. The first-order valence-electron chi connectivity index (χ1n) is 6.58. The van der Waals surface area contributed by atoms with Crippen LogP contribution in [0.3, 0.4) is 0 Å². The number of hydrogen-bond acceptors (Lipinski definition) is 2. The minimum Gasteiger partial charge on any atom is -0.373 e. The van der Waals surface area contributed by atoms with Crippen LogP contribution in [0.4, 0.5) is 4.39 Å². The van der Waals surface area contributed by atoms with Gasteiger partial charge in [-0.3, -0.25) is 0 Å². The van der Waals surface area contributed by atoms with Gasteiger partial charge in [0.1, 0.15) is 5.82 Å². The molecule has 1 heterocycles. The second kappa shape index (κ2) is 5.37. The molecule has 1 saturated heterocycles. The van der Waals surface area contributed by atoms with Gasteiger partial charge in [0.15, 0.2) is 0 Å². The zero-order valence-electron chi connectivity index (χ0n) is 11.4. The van der Waals surface area contributed by atoms with Crippen molar-refractivity contribution >= 4 is 0 Å². The molecule has 100 valence electrons. The molecule has 1 aromatic carbocycles. The largest absolute Gasteiger partial charge is 0.373 e. The smallest absolute Gasteiger partial charge is 0.123 e. The van der Waals surface area contributed by atoms with Crippen LogP contribution in [0.5, 0.6) is 0 Å². The van der Waals surface area contributed by atoms with Gasteiger partial charge in [0.25, 0.3) is 0 Å². The molecule has 0 amide bonds. The van der Waals surface area contributed by atoms with Crippen LogP contribution in [-0.4, -0.2) is 18.7 Å². The average Bonchev–Trinajstić information content (AvgIpc) is 2.75. The lowest BCUT2D eigenvalue weighted by Crippen LogP contribution is -2.39. The highest BCUT2D eigenvalue weighted by Crippen LogP contribution is 2.34. The van der Waals surface area contributed by atoms with Crippen molar-refractivity contribution in [1.82, 2.24) is 5.32 Å². The Labute approximate surface area is 109 Å². The third-order valence-corrected chi connectivity index (χ3v) is 3.31. The molecule has 1 N–H and O–H groups in total. The van der Waals surface area contributed by atoms with Crippen molar-refractivity contribution in [2.45, 2.75) is 38.8 Å². The third kappa shape index (κ3) is 3.53. The highest BCUT2D eigenvalue weighted by Gasteiger charge is 2.30. The van der Waals surface area contributed by atoms with Gasteiger partial charge in [-0.15, -0.1) is 0 Å². The molecule has 2 rings (SSSR count). The molecule has 3 heteroatoms. The quantitative estimate of drug-likeness (QED) is 0.890. The average molecular weight is 251 g/mol. The lowest BCUT2D eigenvalue weighted by molar-refractivity contribution is 0.0889. The summed E-state index contributed by atoms with van der Waals surface area (Å²) in [6.45, 7) is 8.21. The van der Waals surface area contributed by atoms with Crippen molar-refractivity contribution < 1.29 is 9.13 Å². The summed E-state index contributed by atoms with van der Waals surface area (Å²) < 4.78 is 18.7. The topological polar surface area (TPSA) is 21.3 Å². The van der Waals surface area contributed by atoms with Crippen LogP contribution < -0.4 is 5.32 Å². The summed E-state index contributed by atoms with van der Waals surface area (Å²) in [6, 6.07) is 6.67. The summed E-state index contributed by atoms with van der Waals surface area (Å²) in [6.07, 6.45) is 1.16. The van der Waals surface area contributed by atoms with Crippen LogP contribution in [0.15, 0.2) is 24.3 Å². The maximum absolute atomic E-state index is 12.9. The van der Waals surface area contributed by atoms with E-state index in [2.05, 4.69) is 26.1 Å². The molecule has 1 aromatic rings. The van der Waals surface area contributed by atoms with Crippen LogP contribution in [0, 0.1) is 11.7 Å². The lowest BCUT2D eigenvalue weighted by Gasteiger charge is -2.25. The van der Waals surface area contributed by atoms with Crippen molar-refractivity contribution in [2.24, 2.45) is 5.92 Å². The summed E-state index contributed by atoms with van der Waals surface area (Å²) in [4.78, 5) is 0. The van der Waals surface area contributed by atoms with E-state index in [9.17, 15) is 4.39 Å². The minimum absolute atomic E-state index is 0.0976. The Morgan fingerprint density at radius 1 is 1.28 bits per heavy atom. The van der Waals surface area contributed by atoms with Crippen molar-refractivity contribution in [3.05, 3.63) is 35.6 Å². The molecule has 18 heavy (non-hydrogen) atoms. The zero-order valence-corrected chi connectivity index (χ0v) is 11.4. The fourth-order valence-electron chi connectivity index (χ4n) is 2.30. The molecular formula is C15H22FNO. The van der Waals surface area contributed by atoms with Gasteiger partial charge < -0.3 is 10.1 Å². The number of halogens is 1. The summed E-state index contributed by atoms with van der Waals surface area (Å²) in [5, 5.41) is 3.52. The van der Waals surface area contributed by atoms with E-state index in [4.69, 9.17) is 4.74 Å². The normalized spacial score (nSPS) is 24.4. The van der Waals surface area contributed by atoms with Gasteiger partial charge in [0.05, 0.1) is 6.10 Å². The second-order valence-corrected chi connectivity index (χ2v) is 6.02. The van der Waals surface area contributed by atoms with E-state index in [1.165, 1.54) is 12.1 Å². The number of nitrogens with one attached hydrogen (secondary N) is 1. The second-order valence-electron chi connectivity index (χ2n) is 6.02. The van der Waals surface area contributed by atoms with Gasteiger partial charge in [-0.1, -0.05) is 12.1 Å². The van der Waals surface area contributed by atoms with Gasteiger partial charge in [-0.05, 0) is 44.9 Å². The Balaban J connectivity index is 2.01. The maximum Gasteiger partial charge on any atom is 0.123 e. The predicted octanol–water partition coefficient (Wildman–Crippen LogP) is 3.29. The van der Waals surface area contributed by atoms with Crippen LogP contribution >= 0.6 is 0 Å². The zero-order chi connectivity index (χ0) is 13.2. The fraction of sp³-hybridized carbons (Fsp3) is 0.600. The van der Waals surface area contributed by atoms with E-state index in [0.717, 1.165) is 25.1 Å². The minimum atomic E-state index is -0.193. The van der Waals surface area contributed by atoms with Crippen LogP contribution in [0.25, 0.3) is 0 Å². The lowest BCUT2D eigenvalue weighted by atomic mass is 9.94. The molecule has 0 bridgehead atoms. The van der Waals surface area contributed by atoms with Gasteiger partial charge in [-0.2, -0.15) is 0 Å². The standard InChI is InChI=1S/C15H22FNO/c1-15(2,3)17-10-12-8-9-18-14(12)11-4-6-13(16)7-5-11/h4-7,12,14,17H,8-10H2,1-3H3. The molecule has 2 nitrogen and oxygen atoms in total. The molecule has 2 unspecified atom stereocenters. The van der Waals surface area contributed by atoms with E-state index in [1.807, 2.05) is 12.1 Å². The molecule has 2 atom stereocenters. The molecule has 0 saturated carbocycles. The molecule has 0 aliphatic carbocycles. The highest BCUT2D eigenvalue weighted by atomic mass is 19.1. The van der Waals surface area contributed by atoms with E-state index < -0.39 is 0 Å². The Bertz CT molecular complexity index is 382.